The summed E-state index contributed by atoms with van der Waals surface area (Å²) in [5, 5.41) is 4.08. The van der Waals surface area contributed by atoms with E-state index in [4.69, 9.17) is 23.2 Å². The highest BCUT2D eigenvalue weighted by atomic mass is 35.5. The van der Waals surface area contributed by atoms with Gasteiger partial charge in [-0.25, -0.2) is 4.39 Å². The van der Waals surface area contributed by atoms with Gasteiger partial charge in [0.2, 0.25) is 5.91 Å². The van der Waals surface area contributed by atoms with E-state index >= 15 is 0 Å². The second-order valence-electron chi connectivity index (χ2n) is 5.22. The van der Waals surface area contributed by atoms with Crippen molar-refractivity contribution in [1.82, 2.24) is 5.32 Å². The van der Waals surface area contributed by atoms with Crippen molar-refractivity contribution in [2.75, 3.05) is 18.1 Å². The van der Waals surface area contributed by atoms with Crippen molar-refractivity contribution < 1.29 is 9.18 Å². The molecule has 7 heteroatoms. The van der Waals surface area contributed by atoms with Crippen LogP contribution < -0.4 is 5.32 Å². The minimum atomic E-state index is -0.184. The Labute approximate surface area is 165 Å². The van der Waals surface area contributed by atoms with Crippen LogP contribution in [-0.2, 0) is 16.3 Å². The zero-order chi connectivity index (χ0) is 18.1. The predicted molar refractivity (Wildman–Crippen MR) is 108 cm³/mol. The van der Waals surface area contributed by atoms with Gasteiger partial charge in [-0.05, 0) is 29.3 Å². The van der Waals surface area contributed by atoms with Crippen LogP contribution in [0.5, 0.6) is 0 Å². The van der Waals surface area contributed by atoms with Crippen LogP contribution in [0.2, 0.25) is 10.0 Å². The van der Waals surface area contributed by atoms with E-state index in [1.54, 1.807) is 36.0 Å². The number of benzene rings is 2. The van der Waals surface area contributed by atoms with E-state index < -0.39 is 0 Å². The van der Waals surface area contributed by atoms with Gasteiger partial charge >= 0.3 is 0 Å². The molecule has 25 heavy (non-hydrogen) atoms. The molecule has 0 bridgehead atoms. The summed E-state index contributed by atoms with van der Waals surface area (Å²) >= 11 is 15.0. The molecule has 2 nitrogen and oxygen atoms in total. The number of carbonyl (C=O) groups excluding carboxylic acids is 1. The molecule has 2 aromatic carbocycles. The molecule has 0 radical (unpaired) electrons. The molecular formula is C18H18Cl2FNOS2. The van der Waals surface area contributed by atoms with E-state index in [0.29, 0.717) is 39.4 Å². The Morgan fingerprint density at radius 3 is 2.56 bits per heavy atom. The number of hydrogen-bond donors (Lipinski definition) is 1. The molecule has 0 atom stereocenters. The van der Waals surface area contributed by atoms with Gasteiger partial charge < -0.3 is 5.32 Å². The van der Waals surface area contributed by atoms with E-state index in [9.17, 15) is 9.18 Å². The fraction of sp³-hybridized carbons (Fsp3) is 0.278. The van der Waals surface area contributed by atoms with E-state index in [1.807, 2.05) is 12.1 Å². The minimum absolute atomic E-state index is 0.0124. The van der Waals surface area contributed by atoms with Crippen LogP contribution in [0.25, 0.3) is 0 Å². The second-order valence-corrected chi connectivity index (χ2v) is 8.16. The zero-order valence-corrected chi connectivity index (χ0v) is 16.6. The lowest BCUT2D eigenvalue weighted by Gasteiger charge is -2.07. The van der Waals surface area contributed by atoms with Crippen LogP contribution in [0.15, 0.2) is 42.5 Å². The third-order valence-corrected chi connectivity index (χ3v) is 5.87. The third kappa shape index (κ3) is 7.48. The Bertz CT molecular complexity index is 715. The molecule has 0 aromatic heterocycles. The first-order valence-corrected chi connectivity index (χ1v) is 10.7. The smallest absolute Gasteiger partial charge is 0.230 e. The van der Waals surface area contributed by atoms with E-state index in [2.05, 4.69) is 5.32 Å². The number of carbonyl (C=O) groups is 1. The molecule has 1 N–H and O–H groups in total. The lowest BCUT2D eigenvalue weighted by Crippen LogP contribution is -2.27. The van der Waals surface area contributed by atoms with E-state index in [-0.39, 0.29) is 11.7 Å². The molecule has 0 spiro atoms. The largest absolute Gasteiger partial charge is 0.355 e. The summed E-state index contributed by atoms with van der Waals surface area (Å²) in [5.41, 5.74) is 1.65. The first-order valence-electron chi connectivity index (χ1n) is 7.66. The summed E-state index contributed by atoms with van der Waals surface area (Å²) in [6.45, 7) is 0.570. The van der Waals surface area contributed by atoms with Crippen LogP contribution in [-0.4, -0.2) is 24.0 Å². The van der Waals surface area contributed by atoms with Crippen LogP contribution >= 0.6 is 46.7 Å². The second kappa shape index (κ2) is 11.0. The summed E-state index contributed by atoms with van der Waals surface area (Å²) in [7, 11) is 0. The molecule has 0 fully saturated rings. The van der Waals surface area contributed by atoms with Crippen LogP contribution in [0.1, 0.15) is 11.1 Å². The standard InChI is InChI=1S/C18H18Cl2FNOS2/c19-15-6-5-13(16(20)9-15)10-25-12-18(23)22-7-8-24-11-14-3-1-2-4-17(14)21/h1-6,9H,7-8,10-12H2,(H,22,23). The van der Waals surface area contributed by atoms with Gasteiger partial charge in [0.1, 0.15) is 5.82 Å². The Kier molecular flexibility index (Phi) is 8.96. The van der Waals surface area contributed by atoms with Crippen LogP contribution in [0, 0.1) is 5.82 Å². The summed E-state index contributed by atoms with van der Waals surface area (Å²) in [6, 6.07) is 12.1. The molecule has 0 aliphatic carbocycles. The normalized spacial score (nSPS) is 10.7. The van der Waals surface area contributed by atoms with Crippen molar-refractivity contribution in [3.8, 4) is 0 Å². The maximum atomic E-state index is 13.5. The number of nitrogens with one attached hydrogen (secondary N) is 1. The monoisotopic (exact) mass is 417 g/mol. The summed E-state index contributed by atoms with van der Waals surface area (Å²) < 4.78 is 13.5. The zero-order valence-electron chi connectivity index (χ0n) is 13.4. The molecule has 2 aromatic rings. The van der Waals surface area contributed by atoms with Gasteiger partial charge in [-0.3, -0.25) is 4.79 Å². The number of thioether (sulfide) groups is 2. The Morgan fingerprint density at radius 1 is 1.04 bits per heavy atom. The van der Waals surface area contributed by atoms with Gasteiger partial charge in [-0.1, -0.05) is 47.5 Å². The molecule has 0 unspecified atom stereocenters. The molecule has 0 aliphatic rings. The van der Waals surface area contributed by atoms with E-state index in [1.165, 1.54) is 17.8 Å². The van der Waals surface area contributed by atoms with Gasteiger partial charge in [0.05, 0.1) is 5.75 Å². The lowest BCUT2D eigenvalue weighted by atomic mass is 10.2. The highest BCUT2D eigenvalue weighted by Crippen LogP contribution is 2.24. The molecule has 0 aliphatic heterocycles. The van der Waals surface area contributed by atoms with Gasteiger partial charge in [0.25, 0.3) is 0 Å². The highest BCUT2D eigenvalue weighted by molar-refractivity contribution is 7.99. The van der Waals surface area contributed by atoms with E-state index in [0.717, 1.165) is 11.3 Å². The molecule has 134 valence electrons. The maximum absolute atomic E-state index is 13.5. The number of amides is 1. The molecule has 1 amide bonds. The van der Waals surface area contributed by atoms with Crippen molar-refractivity contribution in [1.29, 1.82) is 0 Å². The Hall–Kier alpha value is -0.880. The fourth-order valence-corrected chi connectivity index (χ4v) is 4.26. The highest BCUT2D eigenvalue weighted by Gasteiger charge is 2.05. The van der Waals surface area contributed by atoms with Crippen molar-refractivity contribution >= 4 is 52.6 Å². The Morgan fingerprint density at radius 2 is 1.80 bits per heavy atom. The Balaban J connectivity index is 1.57. The first-order chi connectivity index (χ1) is 12.1. The van der Waals surface area contributed by atoms with Crippen LogP contribution in [0.4, 0.5) is 4.39 Å². The molecule has 0 heterocycles. The van der Waals surface area contributed by atoms with Gasteiger partial charge in [0.15, 0.2) is 0 Å². The van der Waals surface area contributed by atoms with Crippen LogP contribution in [0.3, 0.4) is 0 Å². The average Bonchev–Trinajstić information content (AvgIpc) is 2.58. The fourth-order valence-electron chi connectivity index (χ4n) is 2.00. The average molecular weight is 418 g/mol. The molecule has 0 saturated heterocycles. The van der Waals surface area contributed by atoms with Crippen molar-refractivity contribution in [3.05, 3.63) is 69.5 Å². The van der Waals surface area contributed by atoms with Crippen molar-refractivity contribution in [2.45, 2.75) is 11.5 Å². The molecular weight excluding hydrogens is 400 g/mol. The SMILES string of the molecule is O=C(CSCc1ccc(Cl)cc1Cl)NCCSCc1ccccc1F. The maximum Gasteiger partial charge on any atom is 0.230 e. The number of halogens is 3. The third-order valence-electron chi connectivity index (χ3n) is 3.29. The topological polar surface area (TPSA) is 29.1 Å². The summed E-state index contributed by atoms with van der Waals surface area (Å²) in [4.78, 5) is 11.8. The molecule has 0 saturated carbocycles. The minimum Gasteiger partial charge on any atom is -0.355 e. The first kappa shape index (κ1) is 20.4. The van der Waals surface area contributed by atoms with Gasteiger partial charge in [-0.2, -0.15) is 11.8 Å². The predicted octanol–water partition coefficient (Wildman–Crippen LogP) is 5.42. The quantitative estimate of drug-likeness (QED) is 0.552. The number of hydrogen-bond acceptors (Lipinski definition) is 3. The summed E-state index contributed by atoms with van der Waals surface area (Å²) in [5.74, 6) is 2.18. The lowest BCUT2D eigenvalue weighted by molar-refractivity contribution is -0.118. The number of rotatable bonds is 9. The van der Waals surface area contributed by atoms with Gasteiger partial charge in [0, 0.05) is 33.8 Å². The van der Waals surface area contributed by atoms with Gasteiger partial charge in [-0.15, -0.1) is 11.8 Å². The molecule has 2 rings (SSSR count). The van der Waals surface area contributed by atoms with Crippen molar-refractivity contribution in [2.24, 2.45) is 0 Å². The summed E-state index contributed by atoms with van der Waals surface area (Å²) in [6.07, 6.45) is 0. The van der Waals surface area contributed by atoms with Crippen molar-refractivity contribution in [3.63, 3.8) is 0 Å².